The summed E-state index contributed by atoms with van der Waals surface area (Å²) < 4.78 is 0. The molecule has 0 unspecified atom stereocenters. The SMILES string of the molecule is CCNC(=O)c1ccc2c(c1)C(=O)N(C1CCCCC1)C2=O. The second-order valence-corrected chi connectivity index (χ2v) is 5.89. The van der Waals surface area contributed by atoms with Crippen LogP contribution in [0, 0.1) is 0 Å². The zero-order valence-electron chi connectivity index (χ0n) is 12.7. The van der Waals surface area contributed by atoms with Crippen molar-refractivity contribution in [2.75, 3.05) is 6.54 Å². The lowest BCUT2D eigenvalue weighted by molar-refractivity contribution is 0.0549. The summed E-state index contributed by atoms with van der Waals surface area (Å²) in [5, 5.41) is 2.70. The molecule has 3 amide bonds. The van der Waals surface area contributed by atoms with Crippen LogP contribution in [0.25, 0.3) is 0 Å². The predicted octanol–water partition coefficient (Wildman–Crippen LogP) is 2.37. The number of nitrogens with one attached hydrogen (secondary N) is 1. The van der Waals surface area contributed by atoms with Crippen molar-refractivity contribution >= 4 is 17.7 Å². The van der Waals surface area contributed by atoms with E-state index in [0.29, 0.717) is 23.2 Å². The van der Waals surface area contributed by atoms with Gasteiger partial charge in [0.05, 0.1) is 11.1 Å². The molecule has 0 saturated heterocycles. The molecule has 1 N–H and O–H groups in total. The van der Waals surface area contributed by atoms with Crippen LogP contribution < -0.4 is 5.32 Å². The van der Waals surface area contributed by atoms with Gasteiger partial charge in [-0.05, 0) is 38.0 Å². The number of carbonyl (C=O) groups excluding carboxylic acids is 3. The molecule has 0 atom stereocenters. The molecule has 1 heterocycles. The largest absolute Gasteiger partial charge is 0.352 e. The van der Waals surface area contributed by atoms with Crippen molar-refractivity contribution in [2.24, 2.45) is 0 Å². The molecular weight excluding hydrogens is 280 g/mol. The second-order valence-electron chi connectivity index (χ2n) is 5.89. The highest BCUT2D eigenvalue weighted by Crippen LogP contribution is 2.31. The lowest BCUT2D eigenvalue weighted by atomic mass is 9.94. The van der Waals surface area contributed by atoms with Gasteiger partial charge in [0.25, 0.3) is 17.7 Å². The maximum absolute atomic E-state index is 12.6. The summed E-state index contributed by atoms with van der Waals surface area (Å²) in [4.78, 5) is 38.4. The normalized spacial score (nSPS) is 18.5. The molecule has 1 fully saturated rings. The average Bonchev–Trinajstić information content (AvgIpc) is 2.79. The molecule has 0 spiro atoms. The molecule has 3 rings (SSSR count). The van der Waals surface area contributed by atoms with E-state index in [2.05, 4.69) is 5.32 Å². The van der Waals surface area contributed by atoms with Crippen LogP contribution in [-0.2, 0) is 0 Å². The lowest BCUT2D eigenvalue weighted by Crippen LogP contribution is -2.40. The summed E-state index contributed by atoms with van der Waals surface area (Å²) in [5.74, 6) is -0.686. The Morgan fingerprint density at radius 1 is 1.14 bits per heavy atom. The van der Waals surface area contributed by atoms with Crippen LogP contribution in [0.5, 0.6) is 0 Å². The van der Waals surface area contributed by atoms with Crippen LogP contribution in [0.3, 0.4) is 0 Å². The van der Waals surface area contributed by atoms with Gasteiger partial charge in [0, 0.05) is 18.2 Å². The second kappa shape index (κ2) is 5.91. The van der Waals surface area contributed by atoms with Crippen molar-refractivity contribution in [1.82, 2.24) is 10.2 Å². The van der Waals surface area contributed by atoms with Crippen LogP contribution in [0.15, 0.2) is 18.2 Å². The van der Waals surface area contributed by atoms with Gasteiger partial charge in [-0.1, -0.05) is 19.3 Å². The molecule has 2 aliphatic rings. The number of carbonyl (C=O) groups is 3. The molecule has 0 radical (unpaired) electrons. The number of imide groups is 1. The third-order valence-electron chi connectivity index (χ3n) is 4.46. The topological polar surface area (TPSA) is 66.5 Å². The summed E-state index contributed by atoms with van der Waals surface area (Å²) in [6, 6.07) is 4.76. The fraction of sp³-hybridized carbons (Fsp3) is 0.471. The fourth-order valence-electron chi connectivity index (χ4n) is 3.33. The Kier molecular flexibility index (Phi) is 3.96. The van der Waals surface area contributed by atoms with E-state index in [1.165, 1.54) is 11.3 Å². The van der Waals surface area contributed by atoms with E-state index in [1.807, 2.05) is 6.92 Å². The van der Waals surface area contributed by atoms with Crippen molar-refractivity contribution in [2.45, 2.75) is 45.1 Å². The van der Waals surface area contributed by atoms with E-state index in [1.54, 1.807) is 18.2 Å². The van der Waals surface area contributed by atoms with Crippen LogP contribution >= 0.6 is 0 Å². The monoisotopic (exact) mass is 300 g/mol. The molecule has 116 valence electrons. The summed E-state index contributed by atoms with van der Waals surface area (Å²) in [5.41, 5.74) is 1.20. The van der Waals surface area contributed by atoms with Gasteiger partial charge in [-0.15, -0.1) is 0 Å². The van der Waals surface area contributed by atoms with E-state index in [4.69, 9.17) is 0 Å². The molecule has 5 nitrogen and oxygen atoms in total. The van der Waals surface area contributed by atoms with E-state index in [0.717, 1.165) is 25.7 Å². The first-order valence-corrected chi connectivity index (χ1v) is 7.93. The Morgan fingerprint density at radius 2 is 1.82 bits per heavy atom. The number of hydrogen-bond acceptors (Lipinski definition) is 3. The highest BCUT2D eigenvalue weighted by atomic mass is 16.2. The van der Waals surface area contributed by atoms with Crippen molar-refractivity contribution < 1.29 is 14.4 Å². The van der Waals surface area contributed by atoms with E-state index in [-0.39, 0.29) is 23.8 Å². The first kappa shape index (κ1) is 14.8. The summed E-state index contributed by atoms with van der Waals surface area (Å²) in [6.45, 7) is 2.36. The van der Waals surface area contributed by atoms with E-state index < -0.39 is 0 Å². The molecule has 0 bridgehead atoms. The Labute approximate surface area is 129 Å². The summed E-state index contributed by atoms with van der Waals surface area (Å²) >= 11 is 0. The van der Waals surface area contributed by atoms with Gasteiger partial charge < -0.3 is 5.32 Å². The van der Waals surface area contributed by atoms with Gasteiger partial charge in [-0.3, -0.25) is 19.3 Å². The smallest absolute Gasteiger partial charge is 0.261 e. The molecular formula is C17H20N2O3. The maximum Gasteiger partial charge on any atom is 0.261 e. The Morgan fingerprint density at radius 3 is 2.50 bits per heavy atom. The number of amides is 3. The number of fused-ring (bicyclic) bond motifs is 1. The molecule has 1 aliphatic heterocycles. The van der Waals surface area contributed by atoms with Crippen molar-refractivity contribution in [1.29, 1.82) is 0 Å². The quantitative estimate of drug-likeness (QED) is 0.871. The third-order valence-corrected chi connectivity index (χ3v) is 4.46. The first-order valence-electron chi connectivity index (χ1n) is 7.93. The van der Waals surface area contributed by atoms with Gasteiger partial charge in [-0.2, -0.15) is 0 Å². The lowest BCUT2D eigenvalue weighted by Gasteiger charge is -2.29. The van der Waals surface area contributed by atoms with Crippen molar-refractivity contribution in [3.8, 4) is 0 Å². The molecule has 1 aromatic rings. The van der Waals surface area contributed by atoms with E-state index >= 15 is 0 Å². The number of rotatable bonds is 3. The number of nitrogens with zero attached hydrogens (tertiary/aromatic N) is 1. The molecule has 22 heavy (non-hydrogen) atoms. The summed E-state index contributed by atoms with van der Waals surface area (Å²) in [7, 11) is 0. The van der Waals surface area contributed by atoms with Crippen molar-refractivity contribution in [3.63, 3.8) is 0 Å². The van der Waals surface area contributed by atoms with Gasteiger partial charge in [0.2, 0.25) is 0 Å². The van der Waals surface area contributed by atoms with Gasteiger partial charge >= 0.3 is 0 Å². The fourth-order valence-corrected chi connectivity index (χ4v) is 3.33. The van der Waals surface area contributed by atoms with E-state index in [9.17, 15) is 14.4 Å². The van der Waals surface area contributed by atoms with Crippen LogP contribution in [0.1, 0.15) is 70.1 Å². The Balaban J connectivity index is 1.90. The van der Waals surface area contributed by atoms with Gasteiger partial charge in [-0.25, -0.2) is 0 Å². The molecule has 0 aromatic heterocycles. The average molecular weight is 300 g/mol. The predicted molar refractivity (Wildman–Crippen MR) is 81.8 cm³/mol. The van der Waals surface area contributed by atoms with Crippen LogP contribution in [0.4, 0.5) is 0 Å². The zero-order valence-corrected chi connectivity index (χ0v) is 12.7. The minimum atomic E-state index is -0.252. The van der Waals surface area contributed by atoms with Gasteiger partial charge in [0.1, 0.15) is 0 Å². The van der Waals surface area contributed by atoms with Crippen molar-refractivity contribution in [3.05, 3.63) is 34.9 Å². The molecule has 5 heteroatoms. The molecule has 1 aromatic carbocycles. The minimum absolute atomic E-state index is 0.00840. The molecule has 1 saturated carbocycles. The van der Waals surface area contributed by atoms with Crippen LogP contribution in [0.2, 0.25) is 0 Å². The zero-order chi connectivity index (χ0) is 15.7. The Hall–Kier alpha value is -2.17. The standard InChI is InChI=1S/C17H20N2O3/c1-2-18-15(20)11-8-9-13-14(10-11)17(22)19(16(13)21)12-6-4-3-5-7-12/h8-10,12H,2-7H2,1H3,(H,18,20). The van der Waals surface area contributed by atoms with Crippen LogP contribution in [-0.4, -0.2) is 35.2 Å². The highest BCUT2D eigenvalue weighted by molar-refractivity contribution is 6.22. The van der Waals surface area contributed by atoms with Gasteiger partial charge in [0.15, 0.2) is 0 Å². The summed E-state index contributed by atoms with van der Waals surface area (Å²) in [6.07, 6.45) is 5.05. The number of benzene rings is 1. The molecule has 1 aliphatic carbocycles. The maximum atomic E-state index is 12.6. The third kappa shape index (κ3) is 2.40. The number of hydrogen-bond donors (Lipinski definition) is 1. The highest BCUT2D eigenvalue weighted by Gasteiger charge is 2.40. The Bertz CT molecular complexity index is 633. The minimum Gasteiger partial charge on any atom is -0.352 e. The first-order chi connectivity index (χ1) is 10.6.